The number of carboxylic acid groups (broad SMARTS) is 1. The van der Waals surface area contributed by atoms with Gasteiger partial charge < -0.3 is 14.7 Å². The van der Waals surface area contributed by atoms with Crippen LogP contribution in [-0.2, 0) is 0 Å². The number of hydrogen-bond donors (Lipinski definition) is 1. The van der Waals surface area contributed by atoms with Gasteiger partial charge in [0.1, 0.15) is 23.7 Å². The van der Waals surface area contributed by atoms with Gasteiger partial charge in [-0.2, -0.15) is 5.26 Å². The van der Waals surface area contributed by atoms with E-state index in [1.807, 2.05) is 0 Å². The molecule has 0 bridgehead atoms. The molecule has 18 heavy (non-hydrogen) atoms. The molecule has 1 N–H and O–H groups in total. The SMILES string of the molecule is N#Cc1ccc(O[C@H]2CCN(C(=O)O)C2)cc1F. The van der Waals surface area contributed by atoms with Gasteiger partial charge in [-0.1, -0.05) is 0 Å². The van der Waals surface area contributed by atoms with Gasteiger partial charge in [-0.15, -0.1) is 0 Å². The van der Waals surface area contributed by atoms with E-state index < -0.39 is 11.9 Å². The first-order chi connectivity index (χ1) is 8.60. The maximum atomic E-state index is 13.3. The maximum Gasteiger partial charge on any atom is 0.407 e. The zero-order valence-corrected chi connectivity index (χ0v) is 9.47. The van der Waals surface area contributed by atoms with Crippen LogP contribution in [0.1, 0.15) is 12.0 Å². The van der Waals surface area contributed by atoms with Gasteiger partial charge in [0.2, 0.25) is 0 Å². The minimum absolute atomic E-state index is 0.0408. The number of halogens is 1. The van der Waals surface area contributed by atoms with Crippen LogP contribution in [0.2, 0.25) is 0 Å². The highest BCUT2D eigenvalue weighted by molar-refractivity contribution is 5.65. The minimum atomic E-state index is -0.980. The molecule has 1 fully saturated rings. The third-order valence-electron chi connectivity index (χ3n) is 2.78. The zero-order chi connectivity index (χ0) is 13.1. The van der Waals surface area contributed by atoms with Crippen molar-refractivity contribution in [3.05, 3.63) is 29.6 Å². The van der Waals surface area contributed by atoms with Crippen molar-refractivity contribution in [3.8, 4) is 11.8 Å². The second kappa shape index (κ2) is 4.92. The van der Waals surface area contributed by atoms with E-state index in [0.717, 1.165) is 6.07 Å². The van der Waals surface area contributed by atoms with Gasteiger partial charge in [-0.3, -0.25) is 0 Å². The molecule has 94 valence electrons. The predicted molar refractivity (Wildman–Crippen MR) is 59.7 cm³/mol. The first kappa shape index (κ1) is 12.2. The summed E-state index contributed by atoms with van der Waals surface area (Å²) in [5.74, 6) is -0.327. The van der Waals surface area contributed by atoms with Crippen molar-refractivity contribution in [2.45, 2.75) is 12.5 Å². The molecule has 2 rings (SSSR count). The van der Waals surface area contributed by atoms with E-state index in [4.69, 9.17) is 15.1 Å². The second-order valence-electron chi connectivity index (χ2n) is 4.01. The predicted octanol–water partition coefficient (Wildman–Crippen LogP) is 1.83. The molecule has 1 aromatic carbocycles. The fraction of sp³-hybridized carbons (Fsp3) is 0.333. The Morgan fingerprint density at radius 3 is 2.94 bits per heavy atom. The lowest BCUT2D eigenvalue weighted by Gasteiger charge is -2.14. The summed E-state index contributed by atoms with van der Waals surface area (Å²) >= 11 is 0. The number of carbonyl (C=O) groups is 1. The summed E-state index contributed by atoms with van der Waals surface area (Å²) in [4.78, 5) is 12.0. The smallest absolute Gasteiger partial charge is 0.407 e. The summed E-state index contributed by atoms with van der Waals surface area (Å²) in [6.07, 6.45) is -0.672. The van der Waals surface area contributed by atoms with Gasteiger partial charge in [0.05, 0.1) is 12.1 Å². The maximum absolute atomic E-state index is 13.3. The van der Waals surface area contributed by atoms with Crippen molar-refractivity contribution >= 4 is 6.09 Å². The number of hydrogen-bond acceptors (Lipinski definition) is 3. The molecule has 0 unspecified atom stereocenters. The van der Waals surface area contributed by atoms with Crippen molar-refractivity contribution in [2.75, 3.05) is 13.1 Å². The molecule has 0 saturated carbocycles. The molecule has 6 heteroatoms. The summed E-state index contributed by atoms with van der Waals surface area (Å²) in [5.41, 5.74) is -0.0408. The first-order valence-corrected chi connectivity index (χ1v) is 5.44. The Balaban J connectivity index is 2.01. The van der Waals surface area contributed by atoms with Gasteiger partial charge in [0.15, 0.2) is 0 Å². The monoisotopic (exact) mass is 250 g/mol. The van der Waals surface area contributed by atoms with Crippen LogP contribution < -0.4 is 4.74 Å². The molecule has 0 aliphatic carbocycles. The summed E-state index contributed by atoms with van der Waals surface area (Å²) < 4.78 is 18.8. The lowest BCUT2D eigenvalue weighted by molar-refractivity contribution is 0.145. The molecule has 0 aromatic heterocycles. The third kappa shape index (κ3) is 2.51. The number of nitriles is 1. The molecule has 1 atom stereocenters. The zero-order valence-electron chi connectivity index (χ0n) is 9.47. The summed E-state index contributed by atoms with van der Waals surface area (Å²) in [5, 5.41) is 17.4. The Labute approximate surface area is 103 Å². The average molecular weight is 250 g/mol. The summed E-state index contributed by atoms with van der Waals surface area (Å²) in [6.45, 7) is 0.690. The van der Waals surface area contributed by atoms with Crippen LogP contribution in [0.3, 0.4) is 0 Å². The fourth-order valence-electron chi connectivity index (χ4n) is 1.85. The number of ether oxygens (including phenoxy) is 1. The molecule has 1 aliphatic rings. The fourth-order valence-corrected chi connectivity index (χ4v) is 1.85. The summed E-state index contributed by atoms with van der Waals surface area (Å²) in [7, 11) is 0. The normalized spacial score (nSPS) is 18.4. The second-order valence-corrected chi connectivity index (χ2v) is 4.01. The van der Waals surface area contributed by atoms with Gasteiger partial charge in [-0.05, 0) is 12.1 Å². The van der Waals surface area contributed by atoms with Crippen LogP contribution in [-0.4, -0.2) is 35.3 Å². The average Bonchev–Trinajstić information content (AvgIpc) is 2.78. The molecule has 1 saturated heterocycles. The molecule has 1 aromatic rings. The van der Waals surface area contributed by atoms with E-state index in [0.29, 0.717) is 18.7 Å². The number of amides is 1. The molecule has 0 spiro atoms. The third-order valence-corrected chi connectivity index (χ3v) is 2.78. The molecule has 0 radical (unpaired) electrons. The number of rotatable bonds is 2. The van der Waals surface area contributed by atoms with Gasteiger partial charge in [0.25, 0.3) is 0 Å². The molecule has 1 heterocycles. The molecule has 1 aliphatic heterocycles. The highest BCUT2D eigenvalue weighted by Crippen LogP contribution is 2.21. The Kier molecular flexibility index (Phi) is 3.33. The van der Waals surface area contributed by atoms with Crippen molar-refractivity contribution in [1.29, 1.82) is 5.26 Å². The highest BCUT2D eigenvalue weighted by atomic mass is 19.1. The number of nitrogens with zero attached hydrogens (tertiary/aromatic N) is 2. The van der Waals surface area contributed by atoms with E-state index in [2.05, 4.69) is 0 Å². The van der Waals surface area contributed by atoms with E-state index in [-0.39, 0.29) is 18.2 Å². The lowest BCUT2D eigenvalue weighted by atomic mass is 10.2. The molecule has 5 nitrogen and oxygen atoms in total. The molecule has 1 amide bonds. The van der Waals surface area contributed by atoms with Gasteiger partial charge in [-0.25, -0.2) is 9.18 Å². The summed E-state index contributed by atoms with van der Waals surface area (Å²) in [6, 6.07) is 5.71. The van der Waals surface area contributed by atoms with E-state index in [1.54, 1.807) is 6.07 Å². The van der Waals surface area contributed by atoms with Crippen LogP contribution in [0.4, 0.5) is 9.18 Å². The Hall–Kier alpha value is -2.29. The Morgan fingerprint density at radius 2 is 2.39 bits per heavy atom. The van der Waals surface area contributed by atoms with Gasteiger partial charge >= 0.3 is 6.09 Å². The van der Waals surface area contributed by atoms with Crippen molar-refractivity contribution in [3.63, 3.8) is 0 Å². The molecular formula is C12H11FN2O3. The Bertz CT molecular complexity index is 513. The lowest BCUT2D eigenvalue weighted by Crippen LogP contribution is -2.29. The van der Waals surface area contributed by atoms with E-state index in [1.165, 1.54) is 17.0 Å². The van der Waals surface area contributed by atoms with Crippen LogP contribution >= 0.6 is 0 Å². The van der Waals surface area contributed by atoms with Crippen LogP contribution in [0.15, 0.2) is 18.2 Å². The largest absolute Gasteiger partial charge is 0.488 e. The van der Waals surface area contributed by atoms with Crippen LogP contribution in [0.25, 0.3) is 0 Å². The highest BCUT2D eigenvalue weighted by Gasteiger charge is 2.27. The van der Waals surface area contributed by atoms with Crippen LogP contribution in [0.5, 0.6) is 5.75 Å². The quantitative estimate of drug-likeness (QED) is 0.868. The van der Waals surface area contributed by atoms with Crippen LogP contribution in [0, 0.1) is 17.1 Å². The van der Waals surface area contributed by atoms with E-state index in [9.17, 15) is 9.18 Å². The van der Waals surface area contributed by atoms with Crippen molar-refractivity contribution < 1.29 is 19.0 Å². The first-order valence-electron chi connectivity index (χ1n) is 5.44. The van der Waals surface area contributed by atoms with Gasteiger partial charge in [0, 0.05) is 19.0 Å². The topological polar surface area (TPSA) is 73.6 Å². The van der Waals surface area contributed by atoms with E-state index >= 15 is 0 Å². The standard InChI is InChI=1S/C12H11FN2O3/c13-11-5-9(2-1-8(11)6-14)18-10-3-4-15(7-10)12(16)17/h1-2,5,10H,3-4,7H2,(H,16,17)/t10-/m0/s1. The van der Waals surface area contributed by atoms with Crippen molar-refractivity contribution in [1.82, 2.24) is 4.90 Å². The number of benzene rings is 1. The number of likely N-dealkylation sites (tertiary alicyclic amines) is 1. The molecular weight excluding hydrogens is 239 g/mol. The minimum Gasteiger partial charge on any atom is -0.488 e. The van der Waals surface area contributed by atoms with Crippen molar-refractivity contribution in [2.24, 2.45) is 0 Å². The Morgan fingerprint density at radius 1 is 1.61 bits per heavy atom.